The fourth-order valence-electron chi connectivity index (χ4n) is 3.55. The number of carbonyl (C=O) groups is 2. The van der Waals surface area contributed by atoms with Crippen LogP contribution in [0.25, 0.3) is 6.08 Å². The van der Waals surface area contributed by atoms with Crippen LogP contribution in [0.2, 0.25) is 0 Å². The van der Waals surface area contributed by atoms with E-state index in [1.54, 1.807) is 43.5 Å². The predicted octanol–water partition coefficient (Wildman–Crippen LogP) is 4.78. The van der Waals surface area contributed by atoms with Gasteiger partial charge in [0.2, 0.25) is 6.79 Å². The fraction of sp³-hybridized carbons (Fsp3) is 0.115. The molecule has 0 bridgehead atoms. The second-order valence-electron chi connectivity index (χ2n) is 7.45. The summed E-state index contributed by atoms with van der Waals surface area (Å²) in [6, 6.07) is 21.7. The zero-order chi connectivity index (χ0) is 23.5. The summed E-state index contributed by atoms with van der Waals surface area (Å²) in [4.78, 5) is 32.2. The standard InChI is InChI=1S/C26H20N2O5S/c1-31-20-10-8-18(9-11-20)22(29)15-34-26-27-21(25(30)28(26)19-5-3-2-4-6-19)13-17-7-12-23-24(14-17)33-16-32-23/h2-14H,15-16H2,1H3/b21-13+. The Bertz CT molecular complexity index is 1300. The summed E-state index contributed by atoms with van der Waals surface area (Å²) < 4.78 is 15.9. The predicted molar refractivity (Wildman–Crippen MR) is 132 cm³/mol. The molecule has 0 radical (unpaired) electrons. The average molecular weight is 473 g/mol. The average Bonchev–Trinajstić information content (AvgIpc) is 3.47. The molecular weight excluding hydrogens is 452 g/mol. The van der Waals surface area contributed by atoms with Crippen LogP contribution in [-0.2, 0) is 4.79 Å². The number of rotatable bonds is 6. The van der Waals surface area contributed by atoms with Crippen LogP contribution in [-0.4, -0.2) is 36.5 Å². The van der Waals surface area contributed by atoms with E-state index in [1.165, 1.54) is 16.7 Å². The number of ketones is 1. The number of nitrogens with zero attached hydrogens (tertiary/aromatic N) is 2. The zero-order valence-corrected chi connectivity index (χ0v) is 19.1. The Hall–Kier alpha value is -4.04. The molecule has 8 heteroatoms. The number of para-hydroxylation sites is 1. The molecule has 3 aromatic carbocycles. The minimum absolute atomic E-state index is 0.0657. The van der Waals surface area contributed by atoms with Gasteiger partial charge < -0.3 is 14.2 Å². The second-order valence-corrected chi connectivity index (χ2v) is 8.40. The number of hydrogen-bond acceptors (Lipinski definition) is 7. The van der Waals surface area contributed by atoms with Crippen LogP contribution >= 0.6 is 11.8 Å². The quantitative estimate of drug-likeness (QED) is 0.379. The van der Waals surface area contributed by atoms with Crippen molar-refractivity contribution in [3.8, 4) is 17.2 Å². The van der Waals surface area contributed by atoms with E-state index in [4.69, 9.17) is 14.2 Å². The Morgan fingerprint density at radius 1 is 1.06 bits per heavy atom. The van der Waals surface area contributed by atoms with Crippen molar-refractivity contribution in [3.05, 3.63) is 89.6 Å². The lowest BCUT2D eigenvalue weighted by Crippen LogP contribution is -2.30. The highest BCUT2D eigenvalue weighted by atomic mass is 32.2. The number of anilines is 1. The summed E-state index contributed by atoms with van der Waals surface area (Å²) in [6.07, 6.45) is 1.71. The third-order valence-corrected chi connectivity index (χ3v) is 6.23. The first-order valence-electron chi connectivity index (χ1n) is 10.5. The van der Waals surface area contributed by atoms with Gasteiger partial charge in [-0.3, -0.25) is 14.5 Å². The Morgan fingerprint density at radius 2 is 1.82 bits per heavy atom. The van der Waals surface area contributed by atoms with E-state index < -0.39 is 0 Å². The Balaban J connectivity index is 1.41. The molecule has 0 fully saturated rings. The summed E-state index contributed by atoms with van der Waals surface area (Å²) in [6.45, 7) is 0.178. The molecule has 2 heterocycles. The number of hydrogen-bond donors (Lipinski definition) is 0. The van der Waals surface area contributed by atoms with Crippen LogP contribution in [0.1, 0.15) is 15.9 Å². The van der Waals surface area contributed by atoms with Gasteiger partial charge in [0.05, 0.1) is 18.6 Å². The molecule has 7 nitrogen and oxygen atoms in total. The summed E-state index contributed by atoms with van der Waals surface area (Å²) in [5.74, 6) is 1.79. The van der Waals surface area contributed by atoms with Crippen LogP contribution in [0.3, 0.4) is 0 Å². The number of Topliss-reactive ketones (excluding diaryl/α,β-unsaturated/α-hetero) is 1. The minimum Gasteiger partial charge on any atom is -0.497 e. The molecule has 0 unspecified atom stereocenters. The number of benzene rings is 3. The number of amides is 1. The molecule has 0 aromatic heterocycles. The van der Waals surface area contributed by atoms with E-state index in [9.17, 15) is 9.59 Å². The maximum Gasteiger partial charge on any atom is 0.283 e. The number of aliphatic imine (C=N–C) groups is 1. The molecule has 0 saturated heterocycles. The molecule has 3 aromatic rings. The summed E-state index contributed by atoms with van der Waals surface area (Å²) in [5.41, 5.74) is 2.30. The maximum atomic E-state index is 13.3. The van der Waals surface area contributed by atoms with Crippen molar-refractivity contribution in [3.63, 3.8) is 0 Å². The lowest BCUT2D eigenvalue weighted by atomic mass is 10.1. The number of amidine groups is 1. The third-order valence-electron chi connectivity index (χ3n) is 5.29. The third kappa shape index (κ3) is 4.40. The van der Waals surface area contributed by atoms with Crippen LogP contribution in [0.5, 0.6) is 17.2 Å². The number of ether oxygens (including phenoxy) is 3. The van der Waals surface area contributed by atoms with Gasteiger partial charge in [0, 0.05) is 5.56 Å². The maximum absolute atomic E-state index is 13.3. The number of methoxy groups -OCH3 is 1. The smallest absolute Gasteiger partial charge is 0.283 e. The Morgan fingerprint density at radius 3 is 2.59 bits per heavy atom. The van der Waals surface area contributed by atoms with Crippen LogP contribution in [0.4, 0.5) is 5.69 Å². The van der Waals surface area contributed by atoms with Gasteiger partial charge in [-0.15, -0.1) is 0 Å². The first kappa shape index (κ1) is 21.8. The highest BCUT2D eigenvalue weighted by Crippen LogP contribution is 2.34. The zero-order valence-electron chi connectivity index (χ0n) is 18.3. The highest BCUT2D eigenvalue weighted by Gasteiger charge is 2.32. The van der Waals surface area contributed by atoms with Crippen LogP contribution < -0.4 is 19.1 Å². The molecule has 2 aliphatic heterocycles. The minimum atomic E-state index is -0.261. The Labute approximate surface area is 200 Å². The van der Waals surface area contributed by atoms with E-state index in [0.29, 0.717) is 33.7 Å². The van der Waals surface area contributed by atoms with Gasteiger partial charge in [-0.2, -0.15) is 0 Å². The molecule has 0 spiro atoms. The van der Waals surface area contributed by atoms with Crippen molar-refractivity contribution in [2.45, 2.75) is 0 Å². The van der Waals surface area contributed by atoms with E-state index in [0.717, 1.165) is 5.56 Å². The number of fused-ring (bicyclic) bond motifs is 1. The molecule has 0 saturated carbocycles. The molecule has 34 heavy (non-hydrogen) atoms. The molecule has 0 N–H and O–H groups in total. The van der Waals surface area contributed by atoms with Crippen LogP contribution in [0.15, 0.2) is 83.5 Å². The van der Waals surface area contributed by atoms with Crippen molar-refractivity contribution in [1.29, 1.82) is 0 Å². The fourth-order valence-corrected chi connectivity index (χ4v) is 4.46. The molecule has 2 aliphatic rings. The largest absolute Gasteiger partial charge is 0.497 e. The van der Waals surface area contributed by atoms with Gasteiger partial charge in [-0.25, -0.2) is 4.99 Å². The van der Waals surface area contributed by atoms with E-state index in [-0.39, 0.29) is 29.9 Å². The summed E-state index contributed by atoms with van der Waals surface area (Å²) >= 11 is 1.23. The van der Waals surface area contributed by atoms with Crippen molar-refractivity contribution in [2.24, 2.45) is 4.99 Å². The first-order chi connectivity index (χ1) is 16.6. The van der Waals surface area contributed by atoms with Gasteiger partial charge >= 0.3 is 0 Å². The van der Waals surface area contributed by atoms with Gasteiger partial charge in [0.15, 0.2) is 22.4 Å². The van der Waals surface area contributed by atoms with Gasteiger partial charge in [0.25, 0.3) is 5.91 Å². The molecule has 5 rings (SSSR count). The lowest BCUT2D eigenvalue weighted by Gasteiger charge is -2.17. The van der Waals surface area contributed by atoms with Gasteiger partial charge in [0.1, 0.15) is 11.4 Å². The van der Waals surface area contributed by atoms with Crippen molar-refractivity contribution >= 4 is 40.4 Å². The lowest BCUT2D eigenvalue weighted by molar-refractivity contribution is -0.113. The van der Waals surface area contributed by atoms with Crippen molar-refractivity contribution < 1.29 is 23.8 Å². The number of thioether (sulfide) groups is 1. The normalized spacial score (nSPS) is 15.6. The Kier molecular flexibility index (Phi) is 6.05. The van der Waals surface area contributed by atoms with Crippen molar-refractivity contribution in [1.82, 2.24) is 0 Å². The molecule has 1 amide bonds. The van der Waals surface area contributed by atoms with E-state index in [1.807, 2.05) is 42.5 Å². The van der Waals surface area contributed by atoms with Crippen molar-refractivity contribution in [2.75, 3.05) is 24.6 Å². The summed E-state index contributed by atoms with van der Waals surface area (Å²) in [7, 11) is 1.58. The van der Waals surface area contributed by atoms with E-state index in [2.05, 4.69) is 4.99 Å². The van der Waals surface area contributed by atoms with E-state index >= 15 is 0 Å². The first-order valence-corrected chi connectivity index (χ1v) is 11.5. The topological polar surface area (TPSA) is 77.4 Å². The molecule has 0 aliphatic carbocycles. The summed E-state index contributed by atoms with van der Waals surface area (Å²) in [5, 5.41) is 0.449. The van der Waals surface area contributed by atoms with Crippen LogP contribution in [0, 0.1) is 0 Å². The SMILES string of the molecule is COc1ccc(C(=O)CSC2=N/C(=C/c3ccc4c(c3)OCO4)C(=O)N2c2ccccc2)cc1. The second kappa shape index (κ2) is 9.44. The molecule has 0 atom stereocenters. The van der Waals surface area contributed by atoms with Gasteiger partial charge in [-0.1, -0.05) is 36.0 Å². The highest BCUT2D eigenvalue weighted by molar-refractivity contribution is 8.14. The van der Waals surface area contributed by atoms with Gasteiger partial charge in [-0.05, 0) is 60.2 Å². The number of carbonyl (C=O) groups excluding carboxylic acids is 2. The monoisotopic (exact) mass is 472 g/mol. The molecule has 170 valence electrons. The molecular formula is C26H20N2O5S.